The number of hydrogen-bond acceptors (Lipinski definition) is 3. The van der Waals surface area contributed by atoms with Crippen LogP contribution in [0.2, 0.25) is 0 Å². The number of nitrogens with zero attached hydrogens (tertiary/aromatic N) is 1. The monoisotopic (exact) mass is 301 g/mol. The fourth-order valence-electron chi connectivity index (χ4n) is 1.70. The van der Waals surface area contributed by atoms with Gasteiger partial charge in [-0.15, -0.1) is 0 Å². The first-order chi connectivity index (χ1) is 8.83. The van der Waals surface area contributed by atoms with E-state index >= 15 is 0 Å². The zero-order valence-corrected chi connectivity index (χ0v) is 10.7. The number of hydrogen-bond donors (Lipinski definition) is 1. The van der Waals surface area contributed by atoms with Crippen molar-refractivity contribution >= 4 is 17.0 Å². The van der Waals surface area contributed by atoms with E-state index in [4.69, 9.17) is 4.74 Å². The molecular formula is C14H10CuN2O2. The number of imidazole rings is 1. The summed E-state index contributed by atoms with van der Waals surface area (Å²) >= 11 is 0. The number of nitrogens with one attached hydrogen (secondary N) is 1. The van der Waals surface area contributed by atoms with Gasteiger partial charge in [-0.2, -0.15) is 4.98 Å². The van der Waals surface area contributed by atoms with Crippen molar-refractivity contribution in [2.24, 2.45) is 0 Å². The molecule has 1 heterocycles. The van der Waals surface area contributed by atoms with E-state index in [1.807, 2.05) is 30.3 Å². The number of benzene rings is 2. The van der Waals surface area contributed by atoms with Crippen molar-refractivity contribution in [3.63, 3.8) is 0 Å². The molecule has 1 aromatic heterocycles. The van der Waals surface area contributed by atoms with Crippen molar-refractivity contribution in [1.82, 2.24) is 9.97 Å². The summed E-state index contributed by atoms with van der Waals surface area (Å²) < 4.78 is 5.18. The molecule has 0 aliphatic rings. The van der Waals surface area contributed by atoms with Crippen molar-refractivity contribution in [3.8, 4) is 6.01 Å². The summed E-state index contributed by atoms with van der Waals surface area (Å²) in [4.78, 5) is 18.9. The van der Waals surface area contributed by atoms with Gasteiger partial charge in [0, 0.05) is 17.1 Å². The van der Waals surface area contributed by atoms with E-state index in [1.54, 1.807) is 24.3 Å². The maximum atomic E-state index is 11.8. The van der Waals surface area contributed by atoms with Crippen LogP contribution in [0.25, 0.3) is 11.0 Å². The summed E-state index contributed by atoms with van der Waals surface area (Å²) in [7, 11) is 0. The number of aromatic nitrogens is 2. The van der Waals surface area contributed by atoms with Crippen LogP contribution in [0.5, 0.6) is 6.01 Å². The number of H-pyrrole nitrogens is 1. The predicted molar refractivity (Wildman–Crippen MR) is 67.5 cm³/mol. The number of carbonyl (C=O) groups is 1. The van der Waals surface area contributed by atoms with Gasteiger partial charge in [-0.1, -0.05) is 30.3 Å². The minimum Gasteiger partial charge on any atom is -0.388 e. The normalized spacial score (nSPS) is 9.89. The van der Waals surface area contributed by atoms with Crippen molar-refractivity contribution in [1.29, 1.82) is 0 Å². The third-order valence-corrected chi connectivity index (χ3v) is 2.57. The van der Waals surface area contributed by atoms with Crippen molar-refractivity contribution in [2.75, 3.05) is 0 Å². The van der Waals surface area contributed by atoms with Gasteiger partial charge in [0.25, 0.3) is 0 Å². The molecule has 0 aliphatic heterocycles. The second kappa shape index (κ2) is 5.69. The molecule has 3 rings (SSSR count). The Kier molecular flexibility index (Phi) is 4.00. The van der Waals surface area contributed by atoms with Gasteiger partial charge in [-0.05, 0) is 24.3 Å². The standard InChI is InChI=1S/C14H10N2O2.Cu/c17-13(10-6-2-1-3-7-10)18-14-15-11-8-4-5-9-12(11)16-14;/h1-9H,(H,15,16);. The molecule has 0 atom stereocenters. The molecule has 0 amide bonds. The Morgan fingerprint density at radius 1 is 1.00 bits per heavy atom. The van der Waals surface area contributed by atoms with Crippen LogP contribution in [0.15, 0.2) is 54.6 Å². The molecule has 5 heteroatoms. The van der Waals surface area contributed by atoms with E-state index in [-0.39, 0.29) is 23.1 Å². The fraction of sp³-hybridized carbons (Fsp3) is 0. The average molecular weight is 302 g/mol. The first-order valence-electron chi connectivity index (χ1n) is 5.55. The Bertz CT molecular complexity index is 662. The molecule has 3 aromatic rings. The minimum atomic E-state index is -0.422. The van der Waals surface area contributed by atoms with E-state index in [2.05, 4.69) is 9.97 Å². The van der Waals surface area contributed by atoms with Crippen LogP contribution in [-0.2, 0) is 17.1 Å². The van der Waals surface area contributed by atoms with E-state index in [9.17, 15) is 4.79 Å². The summed E-state index contributed by atoms with van der Waals surface area (Å²) in [6, 6.07) is 16.5. The fourth-order valence-corrected chi connectivity index (χ4v) is 1.70. The number of para-hydroxylation sites is 2. The number of fused-ring (bicyclic) bond motifs is 1. The van der Waals surface area contributed by atoms with Crippen molar-refractivity contribution in [3.05, 3.63) is 60.2 Å². The van der Waals surface area contributed by atoms with Crippen LogP contribution in [0, 0.1) is 0 Å². The third kappa shape index (κ3) is 2.84. The summed E-state index contributed by atoms with van der Waals surface area (Å²) in [5.41, 5.74) is 2.11. The first-order valence-corrected chi connectivity index (χ1v) is 5.55. The number of rotatable bonds is 2. The second-order valence-corrected chi connectivity index (χ2v) is 3.81. The van der Waals surface area contributed by atoms with E-state index in [1.165, 1.54) is 0 Å². The number of esters is 1. The van der Waals surface area contributed by atoms with Gasteiger partial charge in [-0.25, -0.2) is 4.79 Å². The maximum absolute atomic E-state index is 11.8. The predicted octanol–water partition coefficient (Wildman–Crippen LogP) is 2.78. The molecule has 2 aromatic carbocycles. The molecule has 0 unspecified atom stereocenters. The molecule has 0 bridgehead atoms. The van der Waals surface area contributed by atoms with Gasteiger partial charge in [0.2, 0.25) is 0 Å². The third-order valence-electron chi connectivity index (χ3n) is 2.57. The molecule has 0 aliphatic carbocycles. The van der Waals surface area contributed by atoms with Crippen LogP contribution in [0.4, 0.5) is 0 Å². The molecule has 19 heavy (non-hydrogen) atoms. The molecule has 4 nitrogen and oxygen atoms in total. The topological polar surface area (TPSA) is 55.0 Å². The molecule has 0 saturated carbocycles. The summed E-state index contributed by atoms with van der Waals surface area (Å²) in [6.07, 6.45) is 0. The summed E-state index contributed by atoms with van der Waals surface area (Å²) in [5, 5.41) is 0. The number of carbonyl (C=O) groups excluding carboxylic acids is 1. The smallest absolute Gasteiger partial charge is 0.345 e. The SMILES string of the molecule is O=C(Oc1nc2ccccc2[nH]1)c1ccccc1.[Cu]. The Morgan fingerprint density at radius 3 is 2.42 bits per heavy atom. The molecular weight excluding hydrogens is 292 g/mol. The Morgan fingerprint density at radius 2 is 1.68 bits per heavy atom. The van der Waals surface area contributed by atoms with Crippen molar-refractivity contribution in [2.45, 2.75) is 0 Å². The average Bonchev–Trinajstić information content (AvgIpc) is 2.82. The van der Waals surface area contributed by atoms with Gasteiger partial charge in [0.1, 0.15) is 0 Å². The Balaban J connectivity index is 0.00000133. The first kappa shape index (κ1) is 13.3. The summed E-state index contributed by atoms with van der Waals surface area (Å²) in [6.45, 7) is 0. The quantitative estimate of drug-likeness (QED) is 0.585. The molecule has 0 fully saturated rings. The molecule has 99 valence electrons. The van der Waals surface area contributed by atoms with Gasteiger partial charge in [-0.3, -0.25) is 0 Å². The summed E-state index contributed by atoms with van der Waals surface area (Å²) in [5.74, 6) is -0.422. The van der Waals surface area contributed by atoms with Crippen molar-refractivity contribution < 1.29 is 26.6 Å². The van der Waals surface area contributed by atoms with Crippen LogP contribution in [0.1, 0.15) is 10.4 Å². The van der Waals surface area contributed by atoms with Crippen LogP contribution < -0.4 is 4.74 Å². The van der Waals surface area contributed by atoms with Gasteiger partial charge >= 0.3 is 12.0 Å². The van der Waals surface area contributed by atoms with Gasteiger partial charge < -0.3 is 9.72 Å². The van der Waals surface area contributed by atoms with E-state index in [0.717, 1.165) is 11.0 Å². The maximum Gasteiger partial charge on any atom is 0.345 e. The molecule has 0 spiro atoms. The second-order valence-electron chi connectivity index (χ2n) is 3.81. The largest absolute Gasteiger partial charge is 0.388 e. The van der Waals surface area contributed by atoms with Crippen LogP contribution in [-0.4, -0.2) is 15.9 Å². The van der Waals surface area contributed by atoms with Crippen LogP contribution in [0.3, 0.4) is 0 Å². The number of ether oxygens (including phenoxy) is 1. The number of aromatic amines is 1. The van der Waals surface area contributed by atoms with E-state index in [0.29, 0.717) is 5.56 Å². The molecule has 0 saturated heterocycles. The van der Waals surface area contributed by atoms with Gasteiger partial charge in [0.05, 0.1) is 16.6 Å². The Labute approximate surface area is 120 Å². The zero-order valence-electron chi connectivity index (χ0n) is 9.76. The molecule has 1 N–H and O–H groups in total. The molecule has 1 radical (unpaired) electrons. The van der Waals surface area contributed by atoms with E-state index < -0.39 is 5.97 Å². The van der Waals surface area contributed by atoms with Crippen LogP contribution >= 0.6 is 0 Å². The van der Waals surface area contributed by atoms with Gasteiger partial charge in [0.15, 0.2) is 0 Å². The minimum absolute atomic E-state index is 0. The zero-order chi connectivity index (χ0) is 12.4. The Hall–Kier alpha value is -2.10.